The monoisotopic (exact) mass is 281 g/mol. The van der Waals surface area contributed by atoms with Crippen LogP contribution >= 0.6 is 0 Å². The molecule has 1 atom stereocenters. The van der Waals surface area contributed by atoms with Crippen molar-refractivity contribution in [2.75, 3.05) is 0 Å². The van der Waals surface area contributed by atoms with E-state index < -0.39 is 0 Å². The maximum atomic E-state index is 3.71. The zero-order chi connectivity index (χ0) is 15.4. The molecule has 1 unspecified atom stereocenters. The highest BCUT2D eigenvalue weighted by atomic mass is 14.9. The molecule has 0 fully saturated rings. The second kappa shape index (κ2) is 6.91. The molecule has 2 aromatic carbocycles. The van der Waals surface area contributed by atoms with Gasteiger partial charge in [-0.15, -0.1) is 0 Å². The molecule has 0 radical (unpaired) electrons. The molecule has 0 bridgehead atoms. The molecule has 1 N–H and O–H groups in total. The van der Waals surface area contributed by atoms with E-state index in [0.29, 0.717) is 6.04 Å². The molecular weight excluding hydrogens is 254 g/mol. The summed E-state index contributed by atoms with van der Waals surface area (Å²) in [5.74, 6) is 0. The molecule has 112 valence electrons. The van der Waals surface area contributed by atoms with Gasteiger partial charge in [0.1, 0.15) is 0 Å². The van der Waals surface area contributed by atoms with Crippen molar-refractivity contribution in [1.29, 1.82) is 0 Å². The Kier molecular flexibility index (Phi) is 5.19. The van der Waals surface area contributed by atoms with Gasteiger partial charge in [-0.3, -0.25) is 0 Å². The molecule has 0 saturated heterocycles. The first-order chi connectivity index (χ1) is 10.0. The predicted octanol–water partition coefficient (Wildman–Crippen LogP) is 5.16. The predicted molar refractivity (Wildman–Crippen MR) is 91.7 cm³/mol. The topological polar surface area (TPSA) is 12.0 Å². The lowest BCUT2D eigenvalue weighted by atomic mass is 9.99. The second-order valence-electron chi connectivity index (χ2n) is 6.12. The minimum absolute atomic E-state index is 0.423. The fourth-order valence-electron chi connectivity index (χ4n) is 2.74. The summed E-state index contributed by atoms with van der Waals surface area (Å²) < 4.78 is 0. The van der Waals surface area contributed by atoms with Gasteiger partial charge >= 0.3 is 0 Å². The maximum Gasteiger partial charge on any atom is 0.0320 e. The number of rotatable bonds is 5. The summed E-state index contributed by atoms with van der Waals surface area (Å²) in [6.45, 7) is 11.9. The Balaban J connectivity index is 2.10. The second-order valence-corrected chi connectivity index (χ2v) is 6.12. The van der Waals surface area contributed by atoms with Crippen molar-refractivity contribution in [2.45, 2.75) is 53.6 Å². The zero-order valence-electron chi connectivity index (χ0n) is 14.0. The van der Waals surface area contributed by atoms with Crippen molar-refractivity contribution in [3.63, 3.8) is 0 Å². The molecule has 1 heteroatoms. The largest absolute Gasteiger partial charge is 0.306 e. The van der Waals surface area contributed by atoms with Crippen LogP contribution < -0.4 is 5.32 Å². The molecule has 2 aromatic rings. The van der Waals surface area contributed by atoms with E-state index in [2.05, 4.69) is 76.3 Å². The summed E-state index contributed by atoms with van der Waals surface area (Å²) >= 11 is 0. The van der Waals surface area contributed by atoms with E-state index in [4.69, 9.17) is 0 Å². The summed E-state index contributed by atoms with van der Waals surface area (Å²) in [4.78, 5) is 0. The van der Waals surface area contributed by atoms with Crippen molar-refractivity contribution >= 4 is 0 Å². The van der Waals surface area contributed by atoms with Crippen LogP contribution in [0.5, 0.6) is 0 Å². The third-order valence-electron chi connectivity index (χ3n) is 4.38. The van der Waals surface area contributed by atoms with Crippen LogP contribution in [0.1, 0.15) is 52.8 Å². The molecule has 2 rings (SSSR count). The van der Waals surface area contributed by atoms with E-state index in [1.165, 1.54) is 33.4 Å². The molecule has 0 saturated carbocycles. The first-order valence-corrected chi connectivity index (χ1v) is 7.88. The van der Waals surface area contributed by atoms with Crippen LogP contribution in [0, 0.1) is 27.7 Å². The highest BCUT2D eigenvalue weighted by Crippen LogP contribution is 2.20. The van der Waals surface area contributed by atoms with Gasteiger partial charge < -0.3 is 5.32 Å². The van der Waals surface area contributed by atoms with Crippen molar-refractivity contribution in [3.05, 3.63) is 69.8 Å². The van der Waals surface area contributed by atoms with Gasteiger partial charge in [-0.05, 0) is 61.9 Å². The van der Waals surface area contributed by atoms with E-state index in [0.717, 1.165) is 13.0 Å². The standard InChI is InChI=1S/C20H27N/c1-6-20(18-9-7-14(2)8-10-18)21-13-19-12-16(4)15(3)11-17(19)5/h7-12,20-21H,6,13H2,1-5H3. The van der Waals surface area contributed by atoms with Gasteiger partial charge in [-0.25, -0.2) is 0 Å². The van der Waals surface area contributed by atoms with Crippen LogP contribution in [-0.4, -0.2) is 0 Å². The Bertz CT molecular complexity index is 596. The lowest BCUT2D eigenvalue weighted by Crippen LogP contribution is -2.20. The van der Waals surface area contributed by atoms with Crippen LogP contribution in [0.4, 0.5) is 0 Å². The van der Waals surface area contributed by atoms with Gasteiger partial charge in [0.05, 0.1) is 0 Å². The molecule has 0 aromatic heterocycles. The molecule has 0 spiro atoms. The summed E-state index contributed by atoms with van der Waals surface area (Å²) in [6, 6.07) is 13.9. The lowest BCUT2D eigenvalue weighted by Gasteiger charge is -2.19. The van der Waals surface area contributed by atoms with Crippen molar-refractivity contribution < 1.29 is 0 Å². The van der Waals surface area contributed by atoms with Crippen LogP contribution in [-0.2, 0) is 6.54 Å². The van der Waals surface area contributed by atoms with Crippen LogP contribution in [0.3, 0.4) is 0 Å². The van der Waals surface area contributed by atoms with E-state index >= 15 is 0 Å². The molecule has 1 nitrogen and oxygen atoms in total. The normalized spacial score (nSPS) is 12.4. The maximum absolute atomic E-state index is 3.71. The summed E-state index contributed by atoms with van der Waals surface area (Å²) in [6.07, 6.45) is 1.10. The number of hydrogen-bond acceptors (Lipinski definition) is 1. The summed E-state index contributed by atoms with van der Waals surface area (Å²) in [5, 5.41) is 3.71. The van der Waals surface area contributed by atoms with E-state index in [1.807, 2.05) is 0 Å². The smallest absolute Gasteiger partial charge is 0.0320 e. The molecule has 0 aliphatic heterocycles. The average Bonchev–Trinajstić information content (AvgIpc) is 2.46. The third-order valence-corrected chi connectivity index (χ3v) is 4.38. The Labute approximate surface area is 129 Å². The van der Waals surface area contributed by atoms with Crippen molar-refractivity contribution in [1.82, 2.24) is 5.32 Å². The Morgan fingerprint density at radius 3 is 2.10 bits per heavy atom. The van der Waals surface area contributed by atoms with E-state index in [-0.39, 0.29) is 0 Å². The average molecular weight is 281 g/mol. The molecular formula is C20H27N. The zero-order valence-corrected chi connectivity index (χ0v) is 14.0. The third kappa shape index (κ3) is 3.95. The fraction of sp³-hybridized carbons (Fsp3) is 0.400. The highest BCUT2D eigenvalue weighted by Gasteiger charge is 2.09. The Morgan fingerprint density at radius 2 is 1.48 bits per heavy atom. The van der Waals surface area contributed by atoms with Crippen LogP contribution in [0.25, 0.3) is 0 Å². The Hall–Kier alpha value is -1.60. The van der Waals surface area contributed by atoms with Gasteiger partial charge in [0.25, 0.3) is 0 Å². The SMILES string of the molecule is CCC(NCc1cc(C)c(C)cc1C)c1ccc(C)cc1. The molecule has 0 aliphatic carbocycles. The van der Waals surface area contributed by atoms with Crippen molar-refractivity contribution in [3.8, 4) is 0 Å². The number of hydrogen-bond donors (Lipinski definition) is 1. The lowest BCUT2D eigenvalue weighted by molar-refractivity contribution is 0.518. The molecule has 21 heavy (non-hydrogen) atoms. The Morgan fingerprint density at radius 1 is 0.857 bits per heavy atom. The van der Waals surface area contributed by atoms with Gasteiger partial charge in [0.2, 0.25) is 0 Å². The summed E-state index contributed by atoms with van der Waals surface area (Å²) in [5.41, 5.74) is 8.24. The molecule has 0 heterocycles. The van der Waals surface area contributed by atoms with Gasteiger partial charge in [0.15, 0.2) is 0 Å². The number of aryl methyl sites for hydroxylation is 4. The van der Waals surface area contributed by atoms with Gasteiger partial charge in [-0.2, -0.15) is 0 Å². The first-order valence-electron chi connectivity index (χ1n) is 7.88. The minimum atomic E-state index is 0.423. The van der Waals surface area contributed by atoms with Crippen LogP contribution in [0.15, 0.2) is 36.4 Å². The summed E-state index contributed by atoms with van der Waals surface area (Å²) in [7, 11) is 0. The van der Waals surface area contributed by atoms with Gasteiger partial charge in [0, 0.05) is 12.6 Å². The van der Waals surface area contributed by atoms with E-state index in [9.17, 15) is 0 Å². The quantitative estimate of drug-likeness (QED) is 0.798. The van der Waals surface area contributed by atoms with Crippen LogP contribution in [0.2, 0.25) is 0 Å². The van der Waals surface area contributed by atoms with E-state index in [1.54, 1.807) is 0 Å². The van der Waals surface area contributed by atoms with Crippen molar-refractivity contribution in [2.24, 2.45) is 0 Å². The minimum Gasteiger partial charge on any atom is -0.306 e. The highest BCUT2D eigenvalue weighted by molar-refractivity contribution is 5.36. The molecule has 0 aliphatic rings. The van der Waals surface area contributed by atoms with Gasteiger partial charge in [-0.1, -0.05) is 48.9 Å². The number of benzene rings is 2. The molecule has 0 amide bonds. The fourth-order valence-corrected chi connectivity index (χ4v) is 2.74. The first kappa shape index (κ1) is 15.8. The number of nitrogens with one attached hydrogen (secondary N) is 1.